The van der Waals surface area contributed by atoms with E-state index in [1.807, 2.05) is 0 Å². The van der Waals surface area contributed by atoms with Crippen LogP contribution in [0, 0.1) is 0 Å². The summed E-state index contributed by atoms with van der Waals surface area (Å²) in [5.74, 6) is -0.543. The van der Waals surface area contributed by atoms with Crippen molar-refractivity contribution in [3.05, 3.63) is 34.6 Å². The normalized spacial score (nSPS) is 25.3. The van der Waals surface area contributed by atoms with Crippen LogP contribution in [-0.4, -0.2) is 6.17 Å². The third-order valence-corrected chi connectivity index (χ3v) is 1.57. The Bertz CT molecular complexity index is 194. The van der Waals surface area contributed by atoms with Gasteiger partial charge in [-0.1, -0.05) is 15.9 Å². The van der Waals surface area contributed by atoms with Crippen molar-refractivity contribution >= 4 is 15.9 Å². The molecule has 0 amide bonds. The summed E-state index contributed by atoms with van der Waals surface area (Å²) in [5, 5.41) is 0. The van der Waals surface area contributed by atoms with Crippen LogP contribution in [0.4, 0.5) is 8.78 Å². The fourth-order valence-corrected chi connectivity index (χ4v) is 1.01. The van der Waals surface area contributed by atoms with Gasteiger partial charge in [-0.25, -0.2) is 8.78 Å². The van der Waals surface area contributed by atoms with Crippen molar-refractivity contribution < 1.29 is 8.78 Å². The number of hydrogen-bond acceptors (Lipinski definition) is 0. The molecule has 1 unspecified atom stereocenters. The van der Waals surface area contributed by atoms with Gasteiger partial charge in [-0.15, -0.1) is 0 Å². The molecular formula is C7H5BrF2. The van der Waals surface area contributed by atoms with Gasteiger partial charge in [0.1, 0.15) is 12.0 Å². The highest BCUT2D eigenvalue weighted by atomic mass is 79.9. The quantitative estimate of drug-likeness (QED) is 0.572. The second-order valence-corrected chi connectivity index (χ2v) is 2.80. The van der Waals surface area contributed by atoms with E-state index >= 15 is 0 Å². The van der Waals surface area contributed by atoms with Gasteiger partial charge in [0.2, 0.25) is 0 Å². The second kappa shape index (κ2) is 3.10. The number of hydrogen-bond donors (Lipinski definition) is 0. The summed E-state index contributed by atoms with van der Waals surface area (Å²) in [6.45, 7) is 0. The summed E-state index contributed by atoms with van der Waals surface area (Å²) in [4.78, 5) is 0. The highest BCUT2D eigenvalue weighted by Gasteiger charge is 2.03. The molecule has 0 aromatic carbocycles. The average molecular weight is 207 g/mol. The maximum atomic E-state index is 12.5. The van der Waals surface area contributed by atoms with Gasteiger partial charge in [-0.05, 0) is 24.3 Å². The molecule has 54 valence electrons. The SMILES string of the molecule is FC1=CC(F)C=C(Br)C=C1. The maximum Gasteiger partial charge on any atom is 0.141 e. The van der Waals surface area contributed by atoms with Crippen LogP contribution in [0.15, 0.2) is 34.6 Å². The minimum atomic E-state index is -1.33. The molecule has 0 heterocycles. The third kappa shape index (κ3) is 2.06. The van der Waals surface area contributed by atoms with E-state index in [-0.39, 0.29) is 0 Å². The van der Waals surface area contributed by atoms with Crippen LogP contribution in [0.5, 0.6) is 0 Å². The summed E-state index contributed by atoms with van der Waals surface area (Å²) in [6.07, 6.45) is 3.53. The Morgan fingerprint density at radius 1 is 1.30 bits per heavy atom. The fourth-order valence-electron chi connectivity index (χ4n) is 0.623. The predicted molar refractivity (Wildman–Crippen MR) is 40.2 cm³/mol. The van der Waals surface area contributed by atoms with E-state index in [0.29, 0.717) is 4.48 Å². The van der Waals surface area contributed by atoms with Crippen molar-refractivity contribution in [1.29, 1.82) is 0 Å². The number of rotatable bonds is 0. The molecule has 0 nitrogen and oxygen atoms in total. The first-order chi connectivity index (χ1) is 4.68. The summed E-state index contributed by atoms with van der Waals surface area (Å²) < 4.78 is 25.4. The van der Waals surface area contributed by atoms with Crippen LogP contribution in [0.25, 0.3) is 0 Å². The van der Waals surface area contributed by atoms with Gasteiger partial charge in [0.15, 0.2) is 0 Å². The third-order valence-electron chi connectivity index (χ3n) is 1.04. The molecule has 1 rings (SSSR count). The zero-order chi connectivity index (χ0) is 7.56. The smallest absolute Gasteiger partial charge is 0.141 e. The van der Waals surface area contributed by atoms with Crippen LogP contribution in [0.2, 0.25) is 0 Å². The van der Waals surface area contributed by atoms with Crippen molar-refractivity contribution in [3.8, 4) is 0 Å². The summed E-state index contributed by atoms with van der Waals surface area (Å²) in [5.41, 5.74) is 0. The largest absolute Gasteiger partial charge is 0.238 e. The Kier molecular flexibility index (Phi) is 2.38. The van der Waals surface area contributed by atoms with Crippen molar-refractivity contribution in [2.24, 2.45) is 0 Å². The molecule has 1 aliphatic rings. The Morgan fingerprint density at radius 2 is 2.00 bits per heavy atom. The second-order valence-electron chi connectivity index (χ2n) is 1.88. The lowest BCUT2D eigenvalue weighted by Crippen LogP contribution is -1.87. The summed E-state index contributed by atoms with van der Waals surface area (Å²) >= 11 is 3.04. The van der Waals surface area contributed by atoms with E-state index < -0.39 is 12.0 Å². The lowest BCUT2D eigenvalue weighted by molar-refractivity contribution is 0.461. The van der Waals surface area contributed by atoms with Crippen LogP contribution in [0.3, 0.4) is 0 Å². The first-order valence-corrected chi connectivity index (χ1v) is 3.54. The van der Waals surface area contributed by atoms with Gasteiger partial charge in [0.05, 0.1) is 0 Å². The van der Waals surface area contributed by atoms with Crippen molar-refractivity contribution in [2.75, 3.05) is 0 Å². The fraction of sp³-hybridized carbons (Fsp3) is 0.143. The average Bonchev–Trinajstić information content (AvgIpc) is 1.93. The molecule has 0 N–H and O–H groups in total. The molecule has 10 heavy (non-hydrogen) atoms. The molecule has 0 saturated heterocycles. The molecule has 0 spiro atoms. The van der Waals surface area contributed by atoms with E-state index in [2.05, 4.69) is 15.9 Å². The topological polar surface area (TPSA) is 0 Å². The molecule has 3 heteroatoms. The lowest BCUT2D eigenvalue weighted by atomic mass is 10.3. The zero-order valence-electron chi connectivity index (χ0n) is 5.02. The van der Waals surface area contributed by atoms with Crippen molar-refractivity contribution in [2.45, 2.75) is 6.17 Å². The number of halogens is 3. The molecule has 1 atom stereocenters. The molecule has 0 bridgehead atoms. The van der Waals surface area contributed by atoms with Gasteiger partial charge < -0.3 is 0 Å². The van der Waals surface area contributed by atoms with Crippen LogP contribution >= 0.6 is 15.9 Å². The van der Waals surface area contributed by atoms with E-state index in [1.165, 1.54) is 18.2 Å². The molecule has 0 aliphatic heterocycles. The van der Waals surface area contributed by atoms with Crippen molar-refractivity contribution in [3.63, 3.8) is 0 Å². The van der Waals surface area contributed by atoms with E-state index in [9.17, 15) is 8.78 Å². The first kappa shape index (κ1) is 7.66. The number of alkyl halides is 1. The van der Waals surface area contributed by atoms with Gasteiger partial charge in [0.25, 0.3) is 0 Å². The Balaban J connectivity index is 2.87. The van der Waals surface area contributed by atoms with Crippen LogP contribution in [-0.2, 0) is 0 Å². The standard InChI is InChI=1S/C7H5BrF2/c8-5-1-2-6(9)4-7(10)3-5/h1-4,7H. The first-order valence-electron chi connectivity index (χ1n) is 2.75. The van der Waals surface area contributed by atoms with Gasteiger partial charge in [0, 0.05) is 4.48 Å². The Hall–Kier alpha value is -0.440. The minimum Gasteiger partial charge on any atom is -0.238 e. The Labute approximate surface area is 66.1 Å². The van der Waals surface area contributed by atoms with Crippen LogP contribution < -0.4 is 0 Å². The molecule has 0 saturated carbocycles. The Morgan fingerprint density at radius 3 is 2.70 bits per heavy atom. The van der Waals surface area contributed by atoms with E-state index in [1.54, 1.807) is 0 Å². The highest BCUT2D eigenvalue weighted by Crippen LogP contribution is 2.17. The molecule has 1 aliphatic carbocycles. The van der Waals surface area contributed by atoms with Crippen LogP contribution in [0.1, 0.15) is 0 Å². The van der Waals surface area contributed by atoms with E-state index in [4.69, 9.17) is 0 Å². The van der Waals surface area contributed by atoms with Gasteiger partial charge >= 0.3 is 0 Å². The lowest BCUT2D eigenvalue weighted by Gasteiger charge is -1.90. The molecule has 0 fully saturated rings. The van der Waals surface area contributed by atoms with Gasteiger partial charge in [-0.3, -0.25) is 0 Å². The highest BCUT2D eigenvalue weighted by molar-refractivity contribution is 9.11. The van der Waals surface area contributed by atoms with Gasteiger partial charge in [-0.2, -0.15) is 0 Å². The number of allylic oxidation sites excluding steroid dienone is 6. The molecule has 0 aromatic heterocycles. The summed E-state index contributed by atoms with van der Waals surface area (Å²) in [7, 11) is 0. The van der Waals surface area contributed by atoms with Crippen molar-refractivity contribution in [1.82, 2.24) is 0 Å². The zero-order valence-corrected chi connectivity index (χ0v) is 6.61. The molecule has 0 radical (unpaired) electrons. The predicted octanol–water partition coefficient (Wildman–Crippen LogP) is 3.03. The molecular weight excluding hydrogens is 202 g/mol. The maximum absolute atomic E-state index is 12.5. The molecule has 0 aromatic rings. The van der Waals surface area contributed by atoms with E-state index in [0.717, 1.165) is 6.08 Å². The summed E-state index contributed by atoms with van der Waals surface area (Å²) in [6, 6.07) is 0. The minimum absolute atomic E-state index is 0.543. The monoisotopic (exact) mass is 206 g/mol.